The van der Waals surface area contributed by atoms with Crippen molar-refractivity contribution in [1.29, 1.82) is 0 Å². The summed E-state index contributed by atoms with van der Waals surface area (Å²) in [7, 11) is 0. The van der Waals surface area contributed by atoms with Crippen molar-refractivity contribution in [2.45, 2.75) is 19.4 Å². The van der Waals surface area contributed by atoms with Crippen molar-refractivity contribution in [2.75, 3.05) is 5.73 Å². The monoisotopic (exact) mass is 246 g/mol. The van der Waals surface area contributed by atoms with Gasteiger partial charge in [-0.25, -0.2) is 9.97 Å². The summed E-state index contributed by atoms with van der Waals surface area (Å²) in [5.41, 5.74) is 5.72. The van der Waals surface area contributed by atoms with E-state index >= 15 is 0 Å². The van der Waals surface area contributed by atoms with Crippen molar-refractivity contribution in [3.8, 4) is 0 Å². The fourth-order valence-electron chi connectivity index (χ4n) is 1.60. The Morgan fingerprint density at radius 1 is 1.50 bits per heavy atom. The first kappa shape index (κ1) is 12.1. The highest BCUT2D eigenvalue weighted by Gasteiger charge is 2.15. The molecule has 18 heavy (non-hydrogen) atoms. The normalized spacial score (nSPS) is 12.1. The van der Waals surface area contributed by atoms with Gasteiger partial charge >= 0.3 is 0 Å². The zero-order valence-electron chi connectivity index (χ0n) is 9.96. The van der Waals surface area contributed by atoms with Crippen LogP contribution in [-0.2, 0) is 6.42 Å². The van der Waals surface area contributed by atoms with Crippen LogP contribution in [0.1, 0.15) is 23.2 Å². The predicted octanol–water partition coefficient (Wildman–Crippen LogP) is 1.01. The number of carbonyl (C=O) groups excluding carboxylic acids is 1. The van der Waals surface area contributed by atoms with Crippen LogP contribution in [0.4, 0.5) is 5.82 Å². The van der Waals surface area contributed by atoms with E-state index in [1.807, 2.05) is 19.1 Å². The van der Waals surface area contributed by atoms with E-state index in [2.05, 4.69) is 15.3 Å². The summed E-state index contributed by atoms with van der Waals surface area (Å²) in [6.07, 6.45) is 5.09. The van der Waals surface area contributed by atoms with Crippen LogP contribution in [0.15, 0.2) is 35.2 Å². The van der Waals surface area contributed by atoms with Crippen LogP contribution in [0.2, 0.25) is 0 Å². The number of amides is 1. The van der Waals surface area contributed by atoms with Crippen LogP contribution in [0, 0.1) is 0 Å². The molecular formula is C12H14N4O2. The summed E-state index contributed by atoms with van der Waals surface area (Å²) in [6, 6.07) is 3.59. The van der Waals surface area contributed by atoms with Gasteiger partial charge in [-0.15, -0.1) is 0 Å². The highest BCUT2D eigenvalue weighted by atomic mass is 16.3. The van der Waals surface area contributed by atoms with E-state index < -0.39 is 0 Å². The molecule has 0 radical (unpaired) electrons. The Hall–Kier alpha value is -2.37. The Bertz CT molecular complexity index is 525. The van der Waals surface area contributed by atoms with Crippen LogP contribution in [-0.4, -0.2) is 21.9 Å². The van der Waals surface area contributed by atoms with Gasteiger partial charge in [0.2, 0.25) is 0 Å². The van der Waals surface area contributed by atoms with Crippen molar-refractivity contribution < 1.29 is 9.21 Å². The summed E-state index contributed by atoms with van der Waals surface area (Å²) in [5.74, 6) is 0.606. The summed E-state index contributed by atoms with van der Waals surface area (Å²) in [5, 5.41) is 2.79. The molecule has 3 N–H and O–H groups in total. The first-order valence-electron chi connectivity index (χ1n) is 5.56. The van der Waals surface area contributed by atoms with Gasteiger partial charge in [0.05, 0.1) is 6.26 Å². The molecule has 0 saturated carbocycles. The molecule has 2 aromatic heterocycles. The number of carbonyl (C=O) groups is 1. The van der Waals surface area contributed by atoms with Crippen molar-refractivity contribution >= 4 is 11.7 Å². The number of nitrogens with two attached hydrogens (primary N) is 1. The van der Waals surface area contributed by atoms with E-state index in [-0.39, 0.29) is 23.5 Å². The second kappa shape index (κ2) is 5.31. The molecule has 2 aromatic rings. The molecule has 2 heterocycles. The lowest BCUT2D eigenvalue weighted by Crippen LogP contribution is -2.35. The van der Waals surface area contributed by atoms with Gasteiger partial charge in [0.25, 0.3) is 5.91 Å². The topological polar surface area (TPSA) is 94.0 Å². The number of hydrogen-bond acceptors (Lipinski definition) is 5. The highest BCUT2D eigenvalue weighted by Crippen LogP contribution is 2.06. The number of hydrogen-bond donors (Lipinski definition) is 2. The zero-order chi connectivity index (χ0) is 13.0. The molecule has 2 rings (SSSR count). The third-order valence-corrected chi connectivity index (χ3v) is 2.41. The SMILES string of the molecule is CC(Cc1ccco1)NC(=O)c1nccnc1N. The molecular weight excluding hydrogens is 232 g/mol. The van der Waals surface area contributed by atoms with Crippen molar-refractivity contribution in [3.05, 3.63) is 42.2 Å². The van der Waals surface area contributed by atoms with E-state index in [0.29, 0.717) is 6.42 Å². The zero-order valence-corrected chi connectivity index (χ0v) is 9.96. The molecule has 0 aromatic carbocycles. The Kier molecular flexibility index (Phi) is 3.57. The van der Waals surface area contributed by atoms with Gasteiger partial charge in [-0.05, 0) is 19.1 Å². The summed E-state index contributed by atoms with van der Waals surface area (Å²) >= 11 is 0. The minimum Gasteiger partial charge on any atom is -0.469 e. The van der Waals surface area contributed by atoms with Gasteiger partial charge in [0.1, 0.15) is 5.76 Å². The first-order chi connectivity index (χ1) is 8.66. The smallest absolute Gasteiger partial charge is 0.273 e. The lowest BCUT2D eigenvalue weighted by atomic mass is 10.2. The molecule has 94 valence electrons. The third-order valence-electron chi connectivity index (χ3n) is 2.41. The molecule has 6 heteroatoms. The number of rotatable bonds is 4. The average molecular weight is 246 g/mol. The summed E-state index contributed by atoms with van der Waals surface area (Å²) in [4.78, 5) is 19.6. The van der Waals surface area contributed by atoms with Crippen molar-refractivity contribution in [2.24, 2.45) is 0 Å². The fourth-order valence-corrected chi connectivity index (χ4v) is 1.60. The van der Waals surface area contributed by atoms with E-state index in [4.69, 9.17) is 10.2 Å². The molecule has 0 aliphatic carbocycles. The van der Waals surface area contributed by atoms with Gasteiger partial charge in [0.15, 0.2) is 11.5 Å². The Morgan fingerprint density at radius 2 is 2.28 bits per heavy atom. The van der Waals surface area contributed by atoms with Crippen LogP contribution in [0.5, 0.6) is 0 Å². The molecule has 1 atom stereocenters. The van der Waals surface area contributed by atoms with Gasteiger partial charge in [-0.1, -0.05) is 0 Å². The van der Waals surface area contributed by atoms with Gasteiger partial charge in [0, 0.05) is 24.9 Å². The minimum atomic E-state index is -0.334. The number of nitrogens with zero attached hydrogens (tertiary/aromatic N) is 2. The van der Waals surface area contributed by atoms with Gasteiger partial charge in [-0.2, -0.15) is 0 Å². The molecule has 6 nitrogen and oxygen atoms in total. The quantitative estimate of drug-likeness (QED) is 0.839. The summed E-state index contributed by atoms with van der Waals surface area (Å²) < 4.78 is 5.21. The predicted molar refractivity (Wildman–Crippen MR) is 65.8 cm³/mol. The van der Waals surface area contributed by atoms with E-state index in [1.165, 1.54) is 12.4 Å². The average Bonchev–Trinajstić information content (AvgIpc) is 2.82. The second-order valence-corrected chi connectivity index (χ2v) is 3.95. The number of aromatic nitrogens is 2. The van der Waals surface area contributed by atoms with Gasteiger partial charge < -0.3 is 15.5 Å². The molecule has 0 aliphatic rings. The molecule has 0 spiro atoms. The molecule has 0 saturated heterocycles. The Labute approximate surface area is 104 Å². The lowest BCUT2D eigenvalue weighted by molar-refractivity contribution is 0.0935. The van der Waals surface area contributed by atoms with Crippen molar-refractivity contribution in [3.63, 3.8) is 0 Å². The molecule has 1 amide bonds. The summed E-state index contributed by atoms with van der Waals surface area (Å²) in [6.45, 7) is 1.88. The Morgan fingerprint density at radius 3 is 2.94 bits per heavy atom. The van der Waals surface area contributed by atoms with Gasteiger partial charge in [-0.3, -0.25) is 4.79 Å². The maximum atomic E-state index is 11.9. The maximum absolute atomic E-state index is 11.9. The van der Waals surface area contributed by atoms with E-state index in [0.717, 1.165) is 5.76 Å². The fraction of sp³-hybridized carbons (Fsp3) is 0.250. The number of anilines is 1. The van der Waals surface area contributed by atoms with Crippen LogP contribution < -0.4 is 11.1 Å². The van der Waals surface area contributed by atoms with Crippen LogP contribution >= 0.6 is 0 Å². The number of furan rings is 1. The molecule has 0 aliphatic heterocycles. The molecule has 1 unspecified atom stereocenters. The highest BCUT2D eigenvalue weighted by molar-refractivity contribution is 5.96. The van der Waals surface area contributed by atoms with Crippen LogP contribution in [0.3, 0.4) is 0 Å². The lowest BCUT2D eigenvalue weighted by Gasteiger charge is -2.12. The van der Waals surface area contributed by atoms with Crippen LogP contribution in [0.25, 0.3) is 0 Å². The van der Waals surface area contributed by atoms with Crippen molar-refractivity contribution in [1.82, 2.24) is 15.3 Å². The molecule has 0 bridgehead atoms. The minimum absolute atomic E-state index is 0.0787. The number of nitrogens with one attached hydrogen (secondary N) is 1. The van der Waals surface area contributed by atoms with E-state index in [1.54, 1.807) is 6.26 Å². The Balaban J connectivity index is 1.97. The first-order valence-corrected chi connectivity index (χ1v) is 5.56. The molecule has 0 fully saturated rings. The maximum Gasteiger partial charge on any atom is 0.273 e. The van der Waals surface area contributed by atoms with E-state index in [9.17, 15) is 4.79 Å². The number of nitrogen functional groups attached to an aromatic ring is 1. The third kappa shape index (κ3) is 2.85. The largest absolute Gasteiger partial charge is 0.469 e. The standard InChI is InChI=1S/C12H14N4O2/c1-8(7-9-3-2-6-18-9)16-12(17)10-11(13)15-5-4-14-10/h2-6,8H,7H2,1H3,(H2,13,15)(H,16,17). The second-order valence-electron chi connectivity index (χ2n) is 3.95.